The Kier molecular flexibility index (Phi) is 3.20. The zero-order valence-electron chi connectivity index (χ0n) is 6.79. The van der Waals surface area contributed by atoms with Gasteiger partial charge in [-0.2, -0.15) is 0 Å². The van der Waals surface area contributed by atoms with Crippen LogP contribution in [0.25, 0.3) is 0 Å². The number of pyridine rings is 1. The monoisotopic (exact) mass is 230 g/mol. The summed E-state index contributed by atoms with van der Waals surface area (Å²) in [5.74, 6) is 0. The highest BCUT2D eigenvalue weighted by molar-refractivity contribution is 9.10. The average Bonchev–Trinajstić information content (AvgIpc) is 2.08. The molecular weight excluding hydrogens is 220 g/mol. The predicted octanol–water partition coefficient (Wildman–Crippen LogP) is 1.14. The molecule has 4 heteroatoms. The molecule has 1 aromatic rings. The van der Waals surface area contributed by atoms with Gasteiger partial charge in [-0.15, -0.1) is 0 Å². The zero-order valence-corrected chi connectivity index (χ0v) is 8.37. The number of aryl methyl sites for hydroxylation is 1. The second kappa shape index (κ2) is 3.98. The van der Waals surface area contributed by atoms with Crippen LogP contribution in [0.5, 0.6) is 0 Å². The van der Waals surface area contributed by atoms with E-state index >= 15 is 0 Å². The van der Waals surface area contributed by atoms with Gasteiger partial charge in [0.2, 0.25) is 0 Å². The molecule has 0 aromatic carbocycles. The largest absolute Gasteiger partial charge is 0.394 e. The Labute approximate surface area is 79.7 Å². The van der Waals surface area contributed by atoms with Crippen molar-refractivity contribution in [1.82, 2.24) is 4.98 Å². The molecule has 0 fully saturated rings. The van der Waals surface area contributed by atoms with Crippen LogP contribution in [0.4, 0.5) is 0 Å². The van der Waals surface area contributed by atoms with Crippen LogP contribution in [0.1, 0.15) is 17.2 Å². The topological polar surface area (TPSA) is 59.1 Å². The highest BCUT2D eigenvalue weighted by Crippen LogP contribution is 2.20. The van der Waals surface area contributed by atoms with Crippen molar-refractivity contribution in [2.45, 2.75) is 13.0 Å². The summed E-state index contributed by atoms with van der Waals surface area (Å²) in [6.07, 6.45) is 1.75. The molecule has 0 radical (unpaired) electrons. The second-order valence-electron chi connectivity index (χ2n) is 2.68. The molecule has 0 saturated heterocycles. The summed E-state index contributed by atoms with van der Waals surface area (Å²) in [6, 6.07) is 1.56. The van der Waals surface area contributed by atoms with Crippen molar-refractivity contribution in [2.75, 3.05) is 6.61 Å². The first kappa shape index (κ1) is 9.64. The Hall–Kier alpha value is -0.450. The van der Waals surface area contributed by atoms with Crippen LogP contribution in [-0.2, 0) is 0 Å². The molecule has 1 rings (SSSR count). The number of aromatic nitrogens is 1. The summed E-state index contributed by atoms with van der Waals surface area (Å²) in [6.45, 7) is 1.87. The minimum Gasteiger partial charge on any atom is -0.394 e. The van der Waals surface area contributed by atoms with Crippen LogP contribution in [-0.4, -0.2) is 16.7 Å². The van der Waals surface area contributed by atoms with Crippen molar-refractivity contribution in [3.8, 4) is 0 Å². The molecular formula is C8H11BrN2O. The maximum Gasteiger partial charge on any atom is 0.110 e. The van der Waals surface area contributed by atoms with Crippen molar-refractivity contribution >= 4 is 15.9 Å². The lowest BCUT2D eigenvalue weighted by Gasteiger charge is -2.10. The van der Waals surface area contributed by atoms with Gasteiger partial charge in [0.05, 0.1) is 12.6 Å². The lowest BCUT2D eigenvalue weighted by atomic mass is 10.1. The van der Waals surface area contributed by atoms with Crippen LogP contribution in [0.3, 0.4) is 0 Å². The maximum atomic E-state index is 8.83. The van der Waals surface area contributed by atoms with Crippen molar-refractivity contribution in [3.05, 3.63) is 28.0 Å². The van der Waals surface area contributed by atoms with E-state index in [4.69, 9.17) is 10.8 Å². The van der Waals surface area contributed by atoms with Gasteiger partial charge in [0.1, 0.15) is 4.60 Å². The van der Waals surface area contributed by atoms with Gasteiger partial charge in [-0.3, -0.25) is 0 Å². The van der Waals surface area contributed by atoms with Crippen LogP contribution < -0.4 is 5.73 Å². The molecule has 0 aliphatic carbocycles. The zero-order chi connectivity index (χ0) is 9.14. The van der Waals surface area contributed by atoms with Gasteiger partial charge in [0, 0.05) is 11.8 Å². The molecule has 0 amide bonds. The van der Waals surface area contributed by atoms with E-state index in [1.165, 1.54) is 0 Å². The maximum absolute atomic E-state index is 8.83. The van der Waals surface area contributed by atoms with Gasteiger partial charge in [0.15, 0.2) is 0 Å². The molecule has 3 nitrogen and oxygen atoms in total. The van der Waals surface area contributed by atoms with Crippen molar-refractivity contribution < 1.29 is 5.11 Å². The van der Waals surface area contributed by atoms with Gasteiger partial charge >= 0.3 is 0 Å². The fourth-order valence-electron chi connectivity index (χ4n) is 0.933. The number of nitrogens with two attached hydrogens (primary N) is 1. The minimum absolute atomic E-state index is 0.0657. The molecule has 0 bridgehead atoms. The van der Waals surface area contributed by atoms with Crippen LogP contribution >= 0.6 is 15.9 Å². The Morgan fingerprint density at radius 2 is 2.42 bits per heavy atom. The lowest BCUT2D eigenvalue weighted by Crippen LogP contribution is -2.15. The number of halogens is 1. The number of aliphatic hydroxyl groups is 1. The van der Waals surface area contributed by atoms with Gasteiger partial charge in [0.25, 0.3) is 0 Å². The van der Waals surface area contributed by atoms with Crippen LogP contribution in [0.15, 0.2) is 16.9 Å². The highest BCUT2D eigenvalue weighted by Gasteiger charge is 2.09. The van der Waals surface area contributed by atoms with Crippen molar-refractivity contribution in [3.63, 3.8) is 0 Å². The average molecular weight is 231 g/mol. The third kappa shape index (κ3) is 2.03. The van der Waals surface area contributed by atoms with E-state index in [1.54, 1.807) is 6.20 Å². The molecule has 0 spiro atoms. The molecule has 0 unspecified atom stereocenters. The summed E-state index contributed by atoms with van der Waals surface area (Å²) in [4.78, 5) is 4.07. The van der Waals surface area contributed by atoms with Gasteiger partial charge in [-0.1, -0.05) is 6.07 Å². The molecule has 0 saturated carbocycles. The first-order valence-electron chi connectivity index (χ1n) is 3.63. The normalized spacial score (nSPS) is 13.0. The molecule has 66 valence electrons. The Bertz CT molecular complexity index is 278. The standard InChI is InChI=1S/C8H11BrN2O/c1-5-2-6(7(10)4-12)8(9)11-3-5/h2-3,7,12H,4,10H2,1H3/t7-/m0/s1. The van der Waals surface area contributed by atoms with Crippen LogP contribution in [0.2, 0.25) is 0 Å². The Morgan fingerprint density at radius 1 is 1.75 bits per heavy atom. The van der Waals surface area contributed by atoms with E-state index in [0.717, 1.165) is 11.1 Å². The van der Waals surface area contributed by atoms with Gasteiger partial charge in [-0.05, 0) is 28.4 Å². The van der Waals surface area contributed by atoms with E-state index in [-0.39, 0.29) is 12.6 Å². The molecule has 0 aliphatic rings. The predicted molar refractivity (Wildman–Crippen MR) is 50.7 cm³/mol. The van der Waals surface area contributed by atoms with E-state index in [9.17, 15) is 0 Å². The quantitative estimate of drug-likeness (QED) is 0.750. The smallest absolute Gasteiger partial charge is 0.110 e. The molecule has 1 aromatic heterocycles. The summed E-state index contributed by atoms with van der Waals surface area (Å²) >= 11 is 3.27. The number of aliphatic hydroxyl groups excluding tert-OH is 1. The minimum atomic E-state index is -0.355. The van der Waals surface area contributed by atoms with E-state index in [2.05, 4.69) is 20.9 Å². The van der Waals surface area contributed by atoms with E-state index in [0.29, 0.717) is 4.60 Å². The lowest BCUT2D eigenvalue weighted by molar-refractivity contribution is 0.267. The SMILES string of the molecule is Cc1cnc(Br)c([C@@H](N)CO)c1. The van der Waals surface area contributed by atoms with Gasteiger partial charge < -0.3 is 10.8 Å². The Morgan fingerprint density at radius 3 is 3.00 bits per heavy atom. The van der Waals surface area contributed by atoms with Crippen molar-refractivity contribution in [1.29, 1.82) is 0 Å². The summed E-state index contributed by atoms with van der Waals surface area (Å²) in [5, 5.41) is 8.83. The molecule has 3 N–H and O–H groups in total. The Balaban J connectivity index is 3.04. The summed E-state index contributed by atoms with van der Waals surface area (Å²) in [5.41, 5.74) is 7.53. The third-order valence-electron chi connectivity index (χ3n) is 1.60. The van der Waals surface area contributed by atoms with E-state index in [1.807, 2.05) is 13.0 Å². The molecule has 12 heavy (non-hydrogen) atoms. The first-order chi connectivity index (χ1) is 5.65. The summed E-state index contributed by atoms with van der Waals surface area (Å²) in [7, 11) is 0. The number of nitrogens with zero attached hydrogens (tertiary/aromatic N) is 1. The fraction of sp³-hybridized carbons (Fsp3) is 0.375. The molecule has 1 heterocycles. The van der Waals surface area contributed by atoms with Crippen molar-refractivity contribution in [2.24, 2.45) is 5.73 Å². The highest BCUT2D eigenvalue weighted by atomic mass is 79.9. The number of rotatable bonds is 2. The third-order valence-corrected chi connectivity index (χ3v) is 2.26. The molecule has 1 atom stereocenters. The first-order valence-corrected chi connectivity index (χ1v) is 4.43. The second-order valence-corrected chi connectivity index (χ2v) is 3.43. The summed E-state index contributed by atoms with van der Waals surface area (Å²) < 4.78 is 0.703. The number of hydrogen-bond donors (Lipinski definition) is 2. The number of hydrogen-bond acceptors (Lipinski definition) is 3. The van der Waals surface area contributed by atoms with Crippen LogP contribution in [0, 0.1) is 6.92 Å². The van der Waals surface area contributed by atoms with E-state index < -0.39 is 0 Å². The fourth-order valence-corrected chi connectivity index (χ4v) is 1.44. The van der Waals surface area contributed by atoms with Gasteiger partial charge in [-0.25, -0.2) is 4.98 Å². The molecule has 0 aliphatic heterocycles.